The first-order valence-corrected chi connectivity index (χ1v) is 9.50. The summed E-state index contributed by atoms with van der Waals surface area (Å²) in [6.45, 7) is 1.84. The number of aryl methyl sites for hydroxylation is 2. The summed E-state index contributed by atoms with van der Waals surface area (Å²) in [5.41, 5.74) is 1.67. The molecule has 140 valence electrons. The lowest BCUT2D eigenvalue weighted by atomic mass is 10.2. The molecule has 0 aliphatic rings. The quantitative estimate of drug-likeness (QED) is 0.271. The molecular weight excluding hydrogens is 336 g/mol. The Morgan fingerprint density at radius 1 is 0.852 bits per heavy atom. The van der Waals surface area contributed by atoms with Gasteiger partial charge in [-0.25, -0.2) is 9.13 Å². The molecule has 0 fully saturated rings. The smallest absolute Gasteiger partial charge is 0.243 e. The number of imidazole rings is 1. The molecule has 27 heavy (non-hydrogen) atoms. The third-order valence-corrected chi connectivity index (χ3v) is 4.28. The Balaban J connectivity index is 1.30. The first-order valence-electron chi connectivity index (χ1n) is 9.50. The second-order valence-corrected chi connectivity index (χ2v) is 6.61. The van der Waals surface area contributed by atoms with Crippen molar-refractivity contribution >= 4 is 11.4 Å². The highest BCUT2D eigenvalue weighted by molar-refractivity contribution is 5.42. The van der Waals surface area contributed by atoms with E-state index in [4.69, 9.17) is 4.74 Å². The molecule has 1 aromatic heterocycles. The number of hydrogen-bond acceptors (Lipinski definition) is 3. The van der Waals surface area contributed by atoms with E-state index >= 15 is 0 Å². The number of benzene rings is 2. The number of unbranched alkanes of at least 4 members (excludes halogenated alkanes) is 3. The monoisotopic (exact) mass is 363 g/mol. The Hall–Kier alpha value is -2.95. The van der Waals surface area contributed by atoms with Crippen molar-refractivity contribution in [2.24, 2.45) is 17.3 Å². The number of ether oxygens (including phenoxy) is 1. The van der Waals surface area contributed by atoms with Crippen LogP contribution in [0.25, 0.3) is 0 Å². The zero-order valence-corrected chi connectivity index (χ0v) is 15.9. The zero-order valence-electron chi connectivity index (χ0n) is 15.9. The predicted molar refractivity (Wildman–Crippen MR) is 107 cm³/mol. The lowest BCUT2D eigenvalue weighted by molar-refractivity contribution is -0.671. The van der Waals surface area contributed by atoms with Gasteiger partial charge in [0.15, 0.2) is 0 Å². The van der Waals surface area contributed by atoms with Gasteiger partial charge >= 0.3 is 0 Å². The highest BCUT2D eigenvalue weighted by atomic mass is 16.5. The molecule has 1 heterocycles. The highest BCUT2D eigenvalue weighted by Crippen LogP contribution is 2.21. The molecule has 0 unspecified atom stereocenters. The first-order chi connectivity index (χ1) is 13.3. The molecule has 0 atom stereocenters. The molecule has 5 nitrogen and oxygen atoms in total. The van der Waals surface area contributed by atoms with Gasteiger partial charge in [-0.3, -0.25) is 0 Å². The van der Waals surface area contributed by atoms with Crippen LogP contribution in [0.3, 0.4) is 0 Å². The van der Waals surface area contributed by atoms with Gasteiger partial charge in [-0.05, 0) is 62.1 Å². The summed E-state index contributed by atoms with van der Waals surface area (Å²) >= 11 is 0. The van der Waals surface area contributed by atoms with Crippen molar-refractivity contribution in [1.82, 2.24) is 4.57 Å². The normalized spacial score (nSPS) is 11.1. The van der Waals surface area contributed by atoms with E-state index in [2.05, 4.69) is 38.1 Å². The second kappa shape index (κ2) is 10.3. The van der Waals surface area contributed by atoms with Crippen LogP contribution < -0.4 is 9.30 Å². The first kappa shape index (κ1) is 18.8. The van der Waals surface area contributed by atoms with Gasteiger partial charge in [-0.15, -0.1) is 0 Å². The van der Waals surface area contributed by atoms with Crippen molar-refractivity contribution in [3.63, 3.8) is 0 Å². The summed E-state index contributed by atoms with van der Waals surface area (Å²) in [5.74, 6) is 0.883. The fourth-order valence-electron chi connectivity index (χ4n) is 2.79. The topological polar surface area (TPSA) is 42.8 Å². The molecule has 0 bridgehead atoms. The lowest BCUT2D eigenvalue weighted by Gasteiger charge is -2.06. The Morgan fingerprint density at radius 3 is 2.26 bits per heavy atom. The Bertz CT molecular complexity index is 825. The van der Waals surface area contributed by atoms with Gasteiger partial charge in [0.25, 0.3) is 0 Å². The van der Waals surface area contributed by atoms with Gasteiger partial charge in [-0.1, -0.05) is 18.2 Å². The number of aromatic nitrogens is 2. The van der Waals surface area contributed by atoms with Crippen LogP contribution in [0.15, 0.2) is 83.5 Å². The van der Waals surface area contributed by atoms with Crippen LogP contribution in [0, 0.1) is 0 Å². The van der Waals surface area contributed by atoms with Gasteiger partial charge in [-0.2, -0.15) is 10.2 Å². The minimum atomic E-state index is 0.753. The molecule has 0 saturated carbocycles. The molecule has 3 aromatic rings. The fraction of sp³-hybridized carbons (Fsp3) is 0.318. The largest absolute Gasteiger partial charge is 0.494 e. The molecule has 3 rings (SSSR count). The minimum Gasteiger partial charge on any atom is -0.494 e. The van der Waals surface area contributed by atoms with Crippen molar-refractivity contribution in [3.8, 4) is 5.75 Å². The van der Waals surface area contributed by atoms with E-state index in [0.29, 0.717) is 0 Å². The standard InChI is InChI=1S/C22H27N4O/c1-25-16-17-26(19-25)15-7-2-3-8-18-27-22-13-11-21(12-14-22)24-23-20-9-5-4-6-10-20/h4-6,9-14,16-17,19H,2-3,7-8,15,18H2,1H3/q+1. The van der Waals surface area contributed by atoms with E-state index in [1.54, 1.807) is 0 Å². The second-order valence-electron chi connectivity index (χ2n) is 6.61. The molecule has 0 amide bonds. The van der Waals surface area contributed by atoms with Crippen LogP contribution in [0.4, 0.5) is 11.4 Å². The molecule has 0 aliphatic carbocycles. The van der Waals surface area contributed by atoms with Crippen LogP contribution >= 0.6 is 0 Å². The summed E-state index contributed by atoms with van der Waals surface area (Å²) in [7, 11) is 2.05. The average molecular weight is 363 g/mol. The molecule has 0 saturated heterocycles. The van der Waals surface area contributed by atoms with Crippen LogP contribution in [-0.2, 0) is 13.6 Å². The number of rotatable bonds is 10. The maximum absolute atomic E-state index is 5.81. The number of nitrogens with zero attached hydrogens (tertiary/aromatic N) is 4. The number of azo groups is 1. The summed E-state index contributed by atoms with van der Waals surface area (Å²) in [4.78, 5) is 0. The van der Waals surface area contributed by atoms with Crippen molar-refractivity contribution in [2.45, 2.75) is 32.2 Å². The van der Waals surface area contributed by atoms with Crippen molar-refractivity contribution in [3.05, 3.63) is 73.3 Å². The fourth-order valence-corrected chi connectivity index (χ4v) is 2.79. The Morgan fingerprint density at radius 2 is 1.56 bits per heavy atom. The summed E-state index contributed by atoms with van der Waals surface area (Å²) in [6, 6.07) is 17.5. The maximum atomic E-state index is 5.81. The molecule has 5 heteroatoms. The van der Waals surface area contributed by atoms with Crippen molar-refractivity contribution in [1.29, 1.82) is 0 Å². The van der Waals surface area contributed by atoms with E-state index in [0.717, 1.165) is 36.7 Å². The van der Waals surface area contributed by atoms with Gasteiger partial charge in [0.1, 0.15) is 18.1 Å². The molecule has 2 aromatic carbocycles. The van der Waals surface area contributed by atoms with Gasteiger partial charge in [0.2, 0.25) is 6.33 Å². The predicted octanol–water partition coefficient (Wildman–Crippen LogP) is 5.37. The summed E-state index contributed by atoms with van der Waals surface area (Å²) in [5, 5.41) is 8.45. The third kappa shape index (κ3) is 6.70. The summed E-state index contributed by atoms with van der Waals surface area (Å²) < 4.78 is 10.1. The SMILES string of the molecule is C[n+]1ccn(CCCCCCOc2ccc(N=Nc3ccccc3)cc2)c1. The van der Waals surface area contributed by atoms with E-state index in [1.807, 2.05) is 61.6 Å². The Kier molecular flexibility index (Phi) is 7.16. The van der Waals surface area contributed by atoms with E-state index in [9.17, 15) is 0 Å². The number of hydrogen-bond donors (Lipinski definition) is 0. The van der Waals surface area contributed by atoms with Crippen LogP contribution in [0.2, 0.25) is 0 Å². The van der Waals surface area contributed by atoms with E-state index < -0.39 is 0 Å². The third-order valence-electron chi connectivity index (χ3n) is 4.28. The molecular formula is C22H27N4O+. The van der Waals surface area contributed by atoms with Crippen molar-refractivity contribution in [2.75, 3.05) is 6.61 Å². The molecule has 0 spiro atoms. The Labute approximate surface area is 161 Å². The molecule has 0 aliphatic heterocycles. The molecule has 0 N–H and O–H groups in total. The van der Waals surface area contributed by atoms with Crippen LogP contribution in [-0.4, -0.2) is 11.2 Å². The van der Waals surface area contributed by atoms with Gasteiger partial charge in [0.05, 0.1) is 31.6 Å². The zero-order chi connectivity index (χ0) is 18.7. The molecule has 0 radical (unpaired) electrons. The van der Waals surface area contributed by atoms with Crippen LogP contribution in [0.5, 0.6) is 5.75 Å². The van der Waals surface area contributed by atoms with Gasteiger partial charge in [0, 0.05) is 0 Å². The summed E-state index contributed by atoms with van der Waals surface area (Å²) in [6.07, 6.45) is 11.0. The maximum Gasteiger partial charge on any atom is 0.243 e. The van der Waals surface area contributed by atoms with Gasteiger partial charge < -0.3 is 4.74 Å². The average Bonchev–Trinajstić information content (AvgIpc) is 3.12. The van der Waals surface area contributed by atoms with E-state index in [1.165, 1.54) is 19.3 Å². The van der Waals surface area contributed by atoms with Crippen LogP contribution in [0.1, 0.15) is 25.7 Å². The lowest BCUT2D eigenvalue weighted by Crippen LogP contribution is -2.23. The van der Waals surface area contributed by atoms with Crippen molar-refractivity contribution < 1.29 is 9.30 Å². The minimum absolute atomic E-state index is 0.753. The van der Waals surface area contributed by atoms with E-state index in [-0.39, 0.29) is 0 Å². The highest BCUT2D eigenvalue weighted by Gasteiger charge is 2.00.